The summed E-state index contributed by atoms with van der Waals surface area (Å²) in [5.74, 6) is 0.231. The molecule has 0 heterocycles. The third kappa shape index (κ3) is 2.64. The fourth-order valence-electron chi connectivity index (χ4n) is 3.10. The highest BCUT2D eigenvalue weighted by molar-refractivity contribution is 6.04. The van der Waals surface area contributed by atoms with Crippen molar-refractivity contribution < 1.29 is 9.90 Å². The van der Waals surface area contributed by atoms with Gasteiger partial charge in [0.2, 0.25) is 0 Å². The molecule has 22 heavy (non-hydrogen) atoms. The third-order valence-electron chi connectivity index (χ3n) is 4.27. The maximum Gasteiger partial charge on any atom is 0.169 e. The van der Waals surface area contributed by atoms with Gasteiger partial charge in [0.1, 0.15) is 0 Å². The van der Waals surface area contributed by atoms with Crippen molar-refractivity contribution in [1.29, 1.82) is 0 Å². The standard InChI is InChI=1S/C19H21NO2/c1-19(2)12-14-11-15(7-8-16(14)18(19)22)20-17-6-4-3-5-13(17)9-10-21/h3-8,11,20-21H,9-10,12H2,1-2H3. The monoisotopic (exact) mass is 295 g/mol. The Labute approximate surface area is 131 Å². The number of anilines is 2. The molecule has 0 radical (unpaired) electrons. The highest BCUT2D eigenvalue weighted by Gasteiger charge is 2.37. The second kappa shape index (κ2) is 5.58. The second-order valence-corrected chi connectivity index (χ2v) is 6.52. The molecule has 0 unspecified atom stereocenters. The van der Waals surface area contributed by atoms with Crippen molar-refractivity contribution in [3.63, 3.8) is 0 Å². The van der Waals surface area contributed by atoms with Crippen molar-refractivity contribution in [2.45, 2.75) is 26.7 Å². The molecule has 0 amide bonds. The zero-order valence-corrected chi connectivity index (χ0v) is 13.0. The Balaban J connectivity index is 1.89. The van der Waals surface area contributed by atoms with Crippen molar-refractivity contribution in [1.82, 2.24) is 0 Å². The number of Topliss-reactive ketones (excluding diaryl/α,β-unsaturated/α-hetero) is 1. The average Bonchev–Trinajstić information content (AvgIpc) is 2.71. The number of aliphatic hydroxyl groups is 1. The summed E-state index contributed by atoms with van der Waals surface area (Å²) in [4.78, 5) is 12.3. The van der Waals surface area contributed by atoms with E-state index in [1.807, 2.05) is 50.2 Å². The van der Waals surface area contributed by atoms with Gasteiger partial charge in [-0.15, -0.1) is 0 Å². The first-order chi connectivity index (χ1) is 10.5. The maximum absolute atomic E-state index is 12.3. The summed E-state index contributed by atoms with van der Waals surface area (Å²) < 4.78 is 0. The number of rotatable bonds is 4. The minimum Gasteiger partial charge on any atom is -0.396 e. The van der Waals surface area contributed by atoms with E-state index in [9.17, 15) is 4.79 Å². The number of carbonyl (C=O) groups excluding carboxylic acids is 1. The molecule has 1 aliphatic carbocycles. The molecule has 2 aromatic carbocycles. The number of fused-ring (bicyclic) bond motifs is 1. The van der Waals surface area contributed by atoms with Crippen LogP contribution in [0.5, 0.6) is 0 Å². The molecule has 0 aromatic heterocycles. The minimum atomic E-state index is -0.296. The molecular weight excluding hydrogens is 274 g/mol. The summed E-state index contributed by atoms with van der Waals surface area (Å²) in [6.45, 7) is 4.13. The number of hydrogen-bond donors (Lipinski definition) is 2. The van der Waals surface area contributed by atoms with Crippen LogP contribution in [-0.4, -0.2) is 17.5 Å². The van der Waals surface area contributed by atoms with Gasteiger partial charge in [-0.05, 0) is 48.2 Å². The van der Waals surface area contributed by atoms with E-state index >= 15 is 0 Å². The number of benzene rings is 2. The fraction of sp³-hybridized carbons (Fsp3) is 0.316. The van der Waals surface area contributed by atoms with Crippen molar-refractivity contribution >= 4 is 17.2 Å². The molecule has 114 valence electrons. The van der Waals surface area contributed by atoms with Gasteiger partial charge in [-0.1, -0.05) is 32.0 Å². The number of hydrogen-bond acceptors (Lipinski definition) is 3. The van der Waals surface area contributed by atoms with Crippen LogP contribution in [0.2, 0.25) is 0 Å². The topological polar surface area (TPSA) is 49.3 Å². The Kier molecular flexibility index (Phi) is 3.75. The van der Waals surface area contributed by atoms with Gasteiger partial charge >= 0.3 is 0 Å². The van der Waals surface area contributed by atoms with Crippen molar-refractivity contribution in [2.24, 2.45) is 5.41 Å². The highest BCUT2D eigenvalue weighted by atomic mass is 16.3. The van der Waals surface area contributed by atoms with Crippen molar-refractivity contribution in [3.8, 4) is 0 Å². The summed E-state index contributed by atoms with van der Waals surface area (Å²) >= 11 is 0. The van der Waals surface area contributed by atoms with Gasteiger partial charge in [0.25, 0.3) is 0 Å². The molecule has 0 saturated carbocycles. The van der Waals surface area contributed by atoms with E-state index in [-0.39, 0.29) is 17.8 Å². The lowest BCUT2D eigenvalue weighted by atomic mass is 9.89. The van der Waals surface area contributed by atoms with Crippen LogP contribution in [0.25, 0.3) is 0 Å². The molecular formula is C19H21NO2. The molecule has 3 rings (SSSR count). The lowest BCUT2D eigenvalue weighted by Crippen LogP contribution is -2.18. The first-order valence-electron chi connectivity index (χ1n) is 7.65. The second-order valence-electron chi connectivity index (χ2n) is 6.52. The summed E-state index contributed by atoms with van der Waals surface area (Å²) in [6.07, 6.45) is 1.41. The van der Waals surface area contributed by atoms with Gasteiger partial charge in [0.15, 0.2) is 5.78 Å². The van der Waals surface area contributed by atoms with Crippen LogP contribution in [-0.2, 0) is 12.8 Å². The van der Waals surface area contributed by atoms with Crippen molar-refractivity contribution in [3.05, 3.63) is 59.2 Å². The Bertz CT molecular complexity index is 719. The smallest absolute Gasteiger partial charge is 0.169 e. The Morgan fingerprint density at radius 1 is 1.18 bits per heavy atom. The molecule has 2 N–H and O–H groups in total. The quantitative estimate of drug-likeness (QED) is 0.903. The summed E-state index contributed by atoms with van der Waals surface area (Å²) in [7, 11) is 0. The third-order valence-corrected chi connectivity index (χ3v) is 4.27. The number of ketones is 1. The van der Waals surface area contributed by atoms with Gasteiger partial charge < -0.3 is 10.4 Å². The molecule has 0 fully saturated rings. The molecule has 3 heteroatoms. The van der Waals surface area contributed by atoms with E-state index in [1.165, 1.54) is 0 Å². The lowest BCUT2D eigenvalue weighted by Gasteiger charge is -2.13. The summed E-state index contributed by atoms with van der Waals surface area (Å²) in [6, 6.07) is 13.9. The maximum atomic E-state index is 12.3. The minimum absolute atomic E-state index is 0.131. The van der Waals surface area contributed by atoms with Crippen LogP contribution >= 0.6 is 0 Å². The van der Waals surface area contributed by atoms with Crippen LogP contribution in [0.3, 0.4) is 0 Å². The Morgan fingerprint density at radius 2 is 1.95 bits per heavy atom. The van der Waals surface area contributed by atoms with Gasteiger partial charge in [-0.3, -0.25) is 4.79 Å². The Hall–Kier alpha value is -2.13. The first-order valence-corrected chi connectivity index (χ1v) is 7.65. The molecule has 3 nitrogen and oxygen atoms in total. The summed E-state index contributed by atoms with van der Waals surface area (Å²) in [5.41, 5.74) is 4.73. The number of aliphatic hydroxyl groups excluding tert-OH is 1. The number of carbonyl (C=O) groups is 1. The molecule has 0 bridgehead atoms. The Morgan fingerprint density at radius 3 is 2.73 bits per heavy atom. The summed E-state index contributed by atoms with van der Waals surface area (Å²) in [5, 5.41) is 12.6. The lowest BCUT2D eigenvalue weighted by molar-refractivity contribution is 0.0863. The zero-order chi connectivity index (χ0) is 15.7. The molecule has 1 aliphatic rings. The predicted octanol–water partition coefficient (Wildman–Crippen LogP) is 3.73. The predicted molar refractivity (Wildman–Crippen MR) is 88.8 cm³/mol. The van der Waals surface area contributed by atoms with Gasteiger partial charge in [-0.25, -0.2) is 0 Å². The van der Waals surface area contributed by atoms with E-state index in [0.717, 1.165) is 34.5 Å². The molecule has 0 aliphatic heterocycles. The van der Waals surface area contributed by atoms with E-state index in [4.69, 9.17) is 5.11 Å². The van der Waals surface area contributed by atoms with Gasteiger partial charge in [-0.2, -0.15) is 0 Å². The van der Waals surface area contributed by atoms with Crippen LogP contribution in [0.1, 0.15) is 35.3 Å². The number of nitrogens with one attached hydrogen (secondary N) is 1. The van der Waals surface area contributed by atoms with Crippen LogP contribution < -0.4 is 5.32 Å². The molecule has 0 saturated heterocycles. The normalized spacial score (nSPS) is 15.7. The van der Waals surface area contributed by atoms with E-state index in [2.05, 4.69) is 11.4 Å². The largest absolute Gasteiger partial charge is 0.396 e. The first kappa shape index (κ1) is 14.8. The SMILES string of the molecule is CC1(C)Cc2cc(Nc3ccccc3CCO)ccc2C1=O. The molecule has 2 aromatic rings. The van der Waals surface area contributed by atoms with Crippen LogP contribution in [0.4, 0.5) is 11.4 Å². The average molecular weight is 295 g/mol. The van der Waals surface area contributed by atoms with Crippen LogP contribution in [0, 0.1) is 5.41 Å². The molecule has 0 atom stereocenters. The fourth-order valence-corrected chi connectivity index (χ4v) is 3.10. The number of para-hydroxylation sites is 1. The zero-order valence-electron chi connectivity index (χ0n) is 13.0. The molecule has 0 spiro atoms. The highest BCUT2D eigenvalue weighted by Crippen LogP contribution is 2.37. The van der Waals surface area contributed by atoms with Gasteiger partial charge in [0, 0.05) is 29.0 Å². The van der Waals surface area contributed by atoms with E-state index < -0.39 is 0 Å². The van der Waals surface area contributed by atoms with E-state index in [0.29, 0.717) is 6.42 Å². The van der Waals surface area contributed by atoms with E-state index in [1.54, 1.807) is 0 Å². The van der Waals surface area contributed by atoms with Crippen LogP contribution in [0.15, 0.2) is 42.5 Å². The van der Waals surface area contributed by atoms with Gasteiger partial charge in [0.05, 0.1) is 0 Å². The van der Waals surface area contributed by atoms with Crippen molar-refractivity contribution in [2.75, 3.05) is 11.9 Å².